The molecule has 0 radical (unpaired) electrons. The van der Waals surface area contributed by atoms with E-state index < -0.39 is 20.5 Å². The van der Waals surface area contributed by atoms with E-state index in [2.05, 4.69) is 73.1 Å². The average Bonchev–Trinajstić information content (AvgIpc) is 3.30. The number of aliphatic hydroxyl groups excluding tert-OH is 1. The molecule has 39 heavy (non-hydrogen) atoms. The van der Waals surface area contributed by atoms with Crippen molar-refractivity contribution >= 4 is 25.6 Å². The molecule has 1 heterocycles. The lowest BCUT2D eigenvalue weighted by Gasteiger charge is -2.41. The number of rotatable bonds is 15. The molecule has 0 aliphatic heterocycles. The van der Waals surface area contributed by atoms with Gasteiger partial charge in [-0.1, -0.05) is 72.8 Å². The van der Waals surface area contributed by atoms with Gasteiger partial charge < -0.3 is 19.0 Å². The normalized spacial score (nSPS) is 18.1. The number of hydrogen-bond acceptors (Lipinski definition) is 7. The average molecular weight is 580 g/mol. The van der Waals surface area contributed by atoms with Crippen molar-refractivity contribution in [2.24, 2.45) is 17.8 Å². The first-order valence-electron chi connectivity index (χ1n) is 13.9. The SMILES string of the molecule is C=C[C@@H](O[Si](C)(C)C(C)(C)C)[C@H](C)[C@H](OC)/C(C)=C/C=C[C@H](C)[C@H](OC(C)=O)c1csc([C@@H](O)CC(C)C)n1. The summed E-state index contributed by atoms with van der Waals surface area (Å²) < 4.78 is 18.2. The monoisotopic (exact) mass is 579 g/mol. The molecule has 0 unspecified atom stereocenters. The van der Waals surface area contributed by atoms with Crippen LogP contribution in [0.2, 0.25) is 18.1 Å². The van der Waals surface area contributed by atoms with E-state index in [9.17, 15) is 9.90 Å². The highest BCUT2D eigenvalue weighted by atomic mass is 32.1. The summed E-state index contributed by atoms with van der Waals surface area (Å²) >= 11 is 1.40. The van der Waals surface area contributed by atoms with Gasteiger partial charge in [-0.25, -0.2) is 4.98 Å². The topological polar surface area (TPSA) is 77.9 Å². The molecule has 0 saturated carbocycles. The van der Waals surface area contributed by atoms with E-state index in [1.807, 2.05) is 36.6 Å². The third-order valence-electron chi connectivity index (χ3n) is 7.52. The van der Waals surface area contributed by atoms with Gasteiger partial charge in [-0.2, -0.15) is 0 Å². The summed E-state index contributed by atoms with van der Waals surface area (Å²) in [5.41, 5.74) is 1.72. The van der Waals surface area contributed by atoms with Crippen LogP contribution in [0.25, 0.3) is 0 Å². The molecule has 0 aliphatic rings. The number of methoxy groups -OCH3 is 1. The van der Waals surface area contributed by atoms with Gasteiger partial charge in [0.2, 0.25) is 0 Å². The lowest BCUT2D eigenvalue weighted by molar-refractivity contribution is -0.148. The Balaban J connectivity index is 3.09. The summed E-state index contributed by atoms with van der Waals surface area (Å²) in [6.45, 7) is 27.0. The van der Waals surface area contributed by atoms with Crippen molar-refractivity contribution in [3.63, 3.8) is 0 Å². The lowest BCUT2D eigenvalue weighted by atomic mass is 9.92. The van der Waals surface area contributed by atoms with E-state index in [0.717, 1.165) is 5.57 Å². The molecule has 6 atom stereocenters. The van der Waals surface area contributed by atoms with Crippen molar-refractivity contribution < 1.29 is 23.8 Å². The third-order valence-corrected chi connectivity index (χ3v) is 13.0. The Labute approximate surface area is 242 Å². The molecule has 1 aromatic heterocycles. The molecule has 0 aromatic carbocycles. The van der Waals surface area contributed by atoms with Gasteiger partial charge in [-0.3, -0.25) is 4.79 Å². The number of thiazole rings is 1. The van der Waals surface area contributed by atoms with E-state index in [1.54, 1.807) is 7.11 Å². The van der Waals surface area contributed by atoms with Gasteiger partial charge >= 0.3 is 5.97 Å². The maximum atomic E-state index is 11.9. The second-order valence-corrected chi connectivity index (χ2v) is 18.2. The van der Waals surface area contributed by atoms with Gasteiger partial charge in [-0.15, -0.1) is 17.9 Å². The van der Waals surface area contributed by atoms with Crippen LogP contribution in [0.5, 0.6) is 0 Å². The zero-order chi connectivity index (χ0) is 30.1. The fraction of sp³-hybridized carbons (Fsp3) is 0.677. The van der Waals surface area contributed by atoms with Gasteiger partial charge in [-0.05, 0) is 43.0 Å². The Morgan fingerprint density at radius 2 is 1.82 bits per heavy atom. The maximum absolute atomic E-state index is 11.9. The molecule has 0 fully saturated rings. The van der Waals surface area contributed by atoms with Gasteiger partial charge in [0.05, 0.1) is 17.9 Å². The van der Waals surface area contributed by atoms with E-state index in [-0.39, 0.29) is 35.1 Å². The summed E-state index contributed by atoms with van der Waals surface area (Å²) in [6.07, 6.45) is 7.13. The first kappa shape index (κ1) is 35.4. The second-order valence-electron chi connectivity index (χ2n) is 12.5. The number of aliphatic hydroxyl groups is 1. The van der Waals surface area contributed by atoms with Gasteiger partial charge in [0, 0.05) is 31.2 Å². The molecule has 222 valence electrons. The molecule has 0 bridgehead atoms. The first-order chi connectivity index (χ1) is 17.9. The minimum Gasteiger partial charge on any atom is -0.455 e. The number of hydrogen-bond donors (Lipinski definition) is 1. The fourth-order valence-electron chi connectivity index (χ4n) is 4.20. The molecule has 0 aliphatic carbocycles. The minimum atomic E-state index is -1.98. The number of aromatic nitrogens is 1. The summed E-state index contributed by atoms with van der Waals surface area (Å²) in [7, 11) is -0.256. The molecular weight excluding hydrogens is 526 g/mol. The molecule has 0 spiro atoms. The van der Waals surface area contributed by atoms with Gasteiger partial charge in [0.25, 0.3) is 0 Å². The number of nitrogens with zero attached hydrogens (tertiary/aromatic N) is 1. The van der Waals surface area contributed by atoms with Crippen molar-refractivity contribution in [2.75, 3.05) is 7.11 Å². The summed E-state index contributed by atoms with van der Waals surface area (Å²) in [5.74, 6) is -0.0677. The van der Waals surface area contributed by atoms with Crippen LogP contribution in [0.4, 0.5) is 0 Å². The summed E-state index contributed by atoms with van der Waals surface area (Å²) in [6, 6.07) is 0. The molecule has 1 rings (SSSR count). The molecule has 6 nitrogen and oxygen atoms in total. The molecule has 0 saturated heterocycles. The smallest absolute Gasteiger partial charge is 0.303 e. The molecular formula is C31H53NO5SSi. The van der Waals surface area contributed by atoms with Crippen LogP contribution >= 0.6 is 11.3 Å². The number of ether oxygens (including phenoxy) is 2. The van der Waals surface area contributed by atoms with Crippen molar-refractivity contribution in [1.82, 2.24) is 4.98 Å². The summed E-state index contributed by atoms with van der Waals surface area (Å²) in [4.78, 5) is 16.5. The van der Waals surface area contributed by atoms with Crippen LogP contribution in [0.1, 0.15) is 91.6 Å². The summed E-state index contributed by atoms with van der Waals surface area (Å²) in [5, 5.41) is 13.1. The van der Waals surface area contributed by atoms with Crippen molar-refractivity contribution in [3.8, 4) is 0 Å². The van der Waals surface area contributed by atoms with Crippen molar-refractivity contribution in [2.45, 2.75) is 111 Å². The zero-order valence-corrected chi connectivity index (χ0v) is 28.1. The molecule has 1 N–H and O–H groups in total. The van der Waals surface area contributed by atoms with Gasteiger partial charge in [0.15, 0.2) is 14.4 Å². The Hall–Kier alpha value is -1.58. The molecule has 8 heteroatoms. The van der Waals surface area contributed by atoms with E-state index in [4.69, 9.17) is 13.9 Å². The Morgan fingerprint density at radius 3 is 2.31 bits per heavy atom. The first-order valence-corrected chi connectivity index (χ1v) is 17.7. The van der Waals surface area contributed by atoms with Crippen LogP contribution in [0, 0.1) is 17.8 Å². The number of allylic oxidation sites excluding steroid dienone is 2. The molecule has 1 aromatic rings. The maximum Gasteiger partial charge on any atom is 0.303 e. The van der Waals surface area contributed by atoms with Crippen molar-refractivity contribution in [1.29, 1.82) is 0 Å². The zero-order valence-electron chi connectivity index (χ0n) is 26.3. The van der Waals surface area contributed by atoms with E-state index in [1.165, 1.54) is 18.3 Å². The predicted molar refractivity (Wildman–Crippen MR) is 165 cm³/mol. The van der Waals surface area contributed by atoms with Gasteiger partial charge in [0.1, 0.15) is 11.1 Å². The third kappa shape index (κ3) is 10.7. The number of carbonyl (C=O) groups excluding carboxylic acids is 1. The van der Waals surface area contributed by atoms with Crippen LogP contribution in [-0.2, 0) is 18.7 Å². The predicted octanol–water partition coefficient (Wildman–Crippen LogP) is 8.19. The Kier molecular flexibility index (Phi) is 14.0. The standard InChI is InChI=1S/C31H53NO5SSi/c1-14-27(37-39(12,13)31(8,9)10)23(6)28(35-11)21(4)16-15-17-22(5)29(36-24(7)33)25-19-38-30(32-25)26(34)18-20(2)3/h14-17,19-20,22-23,26-29,34H,1,18H2,2-13H3/b17-15?,21-16+/t22-,23-,26-,27+,28+,29-/m0/s1. The van der Waals surface area contributed by atoms with Crippen molar-refractivity contribution in [3.05, 3.63) is 52.5 Å². The van der Waals surface area contributed by atoms with Crippen LogP contribution < -0.4 is 0 Å². The molecule has 0 amide bonds. The fourth-order valence-corrected chi connectivity index (χ4v) is 6.39. The van der Waals surface area contributed by atoms with Crippen LogP contribution in [0.3, 0.4) is 0 Å². The number of carbonyl (C=O) groups is 1. The van der Waals surface area contributed by atoms with E-state index in [0.29, 0.717) is 23.0 Å². The quantitative estimate of drug-likeness (QED) is 0.0977. The Morgan fingerprint density at radius 1 is 1.21 bits per heavy atom. The number of esters is 1. The Bertz CT molecular complexity index is 978. The minimum absolute atomic E-state index is 0.0724. The highest BCUT2D eigenvalue weighted by Gasteiger charge is 2.40. The van der Waals surface area contributed by atoms with E-state index >= 15 is 0 Å². The lowest BCUT2D eigenvalue weighted by Crippen LogP contribution is -2.46. The van der Waals surface area contributed by atoms with Crippen LogP contribution in [-0.4, -0.2) is 43.7 Å². The second kappa shape index (κ2) is 15.4. The highest BCUT2D eigenvalue weighted by Crippen LogP contribution is 2.39. The highest BCUT2D eigenvalue weighted by molar-refractivity contribution is 7.09. The largest absolute Gasteiger partial charge is 0.455 e. The van der Waals surface area contributed by atoms with Crippen LogP contribution in [0.15, 0.2) is 41.8 Å².